The second-order valence-electron chi connectivity index (χ2n) is 6.17. The number of hydrogen-bond acceptors (Lipinski definition) is 1. The molecule has 0 aliphatic rings. The summed E-state index contributed by atoms with van der Waals surface area (Å²) in [5.74, 6) is -0.0756. The standard InChI is InChI=1S/C20H24N2O/c1-16-5-4-6-17(13-16)11-12-20(23)21-14-18-7-9-19(10-8-18)15-22(2)3/h4-13H,14-15H2,1-3H3,(H,21,23)/p+1/b12-11+. The van der Waals surface area contributed by atoms with E-state index in [2.05, 4.69) is 49.7 Å². The van der Waals surface area contributed by atoms with Gasteiger partial charge in [-0.1, -0.05) is 54.1 Å². The Kier molecular flexibility index (Phi) is 6.12. The van der Waals surface area contributed by atoms with E-state index in [0.29, 0.717) is 6.54 Å². The minimum atomic E-state index is -0.0756. The molecule has 0 fully saturated rings. The maximum atomic E-state index is 11.9. The summed E-state index contributed by atoms with van der Waals surface area (Å²) in [4.78, 5) is 13.3. The average Bonchev–Trinajstić information content (AvgIpc) is 2.52. The molecule has 0 saturated heterocycles. The third-order valence-corrected chi connectivity index (χ3v) is 3.52. The fourth-order valence-corrected chi connectivity index (χ4v) is 2.38. The Morgan fingerprint density at radius 1 is 1.09 bits per heavy atom. The van der Waals surface area contributed by atoms with Gasteiger partial charge in [0.25, 0.3) is 0 Å². The van der Waals surface area contributed by atoms with Gasteiger partial charge < -0.3 is 10.2 Å². The van der Waals surface area contributed by atoms with Crippen molar-refractivity contribution in [2.24, 2.45) is 0 Å². The highest BCUT2D eigenvalue weighted by atomic mass is 16.1. The molecule has 0 aliphatic carbocycles. The van der Waals surface area contributed by atoms with Gasteiger partial charge in [0.05, 0.1) is 14.1 Å². The number of hydrogen-bond donors (Lipinski definition) is 2. The molecule has 2 aromatic carbocycles. The first kappa shape index (κ1) is 17.0. The summed E-state index contributed by atoms with van der Waals surface area (Å²) in [6.45, 7) is 3.59. The topological polar surface area (TPSA) is 33.5 Å². The molecule has 0 heterocycles. The molecule has 2 N–H and O–H groups in total. The Morgan fingerprint density at radius 3 is 2.43 bits per heavy atom. The average molecular weight is 309 g/mol. The SMILES string of the molecule is Cc1cccc(/C=C/C(=O)NCc2ccc(C[NH+](C)C)cc2)c1. The van der Waals surface area contributed by atoms with E-state index in [1.807, 2.05) is 31.2 Å². The molecule has 2 aromatic rings. The minimum absolute atomic E-state index is 0.0756. The zero-order valence-electron chi connectivity index (χ0n) is 14.1. The number of nitrogens with one attached hydrogen (secondary N) is 2. The van der Waals surface area contributed by atoms with Gasteiger partial charge in [0, 0.05) is 18.2 Å². The van der Waals surface area contributed by atoms with E-state index in [-0.39, 0.29) is 5.91 Å². The van der Waals surface area contributed by atoms with Crippen LogP contribution >= 0.6 is 0 Å². The zero-order valence-corrected chi connectivity index (χ0v) is 14.1. The summed E-state index contributed by atoms with van der Waals surface area (Å²) in [6, 6.07) is 16.5. The van der Waals surface area contributed by atoms with Crippen molar-refractivity contribution < 1.29 is 9.69 Å². The lowest BCUT2D eigenvalue weighted by atomic mass is 10.1. The van der Waals surface area contributed by atoms with Crippen LogP contribution in [-0.4, -0.2) is 20.0 Å². The molecular weight excluding hydrogens is 284 g/mol. The molecular formula is C20H25N2O+. The second kappa shape index (κ2) is 8.30. The summed E-state index contributed by atoms with van der Waals surface area (Å²) in [5, 5.41) is 2.91. The molecule has 3 heteroatoms. The Hall–Kier alpha value is -2.39. The molecule has 0 aliphatic heterocycles. The van der Waals surface area contributed by atoms with Gasteiger partial charge in [-0.15, -0.1) is 0 Å². The van der Waals surface area contributed by atoms with Crippen LogP contribution in [0.4, 0.5) is 0 Å². The molecule has 0 saturated carbocycles. The Bertz CT molecular complexity index is 672. The predicted molar refractivity (Wildman–Crippen MR) is 95.0 cm³/mol. The van der Waals surface area contributed by atoms with E-state index < -0.39 is 0 Å². The number of amides is 1. The van der Waals surface area contributed by atoms with E-state index in [4.69, 9.17) is 0 Å². The summed E-state index contributed by atoms with van der Waals surface area (Å²) >= 11 is 0. The maximum absolute atomic E-state index is 11.9. The number of carbonyl (C=O) groups is 1. The van der Waals surface area contributed by atoms with Crippen molar-refractivity contribution in [1.82, 2.24) is 5.32 Å². The van der Waals surface area contributed by atoms with E-state index in [0.717, 1.165) is 17.7 Å². The van der Waals surface area contributed by atoms with Gasteiger partial charge >= 0.3 is 0 Å². The van der Waals surface area contributed by atoms with Gasteiger partial charge in [0.1, 0.15) is 6.54 Å². The first-order chi connectivity index (χ1) is 11.0. The summed E-state index contributed by atoms with van der Waals surface area (Å²) in [7, 11) is 4.27. The Morgan fingerprint density at radius 2 is 1.78 bits per heavy atom. The number of benzene rings is 2. The third kappa shape index (κ3) is 6.09. The van der Waals surface area contributed by atoms with Crippen LogP contribution in [0.5, 0.6) is 0 Å². The van der Waals surface area contributed by atoms with Crippen molar-refractivity contribution >= 4 is 12.0 Å². The van der Waals surface area contributed by atoms with Crippen molar-refractivity contribution in [2.75, 3.05) is 14.1 Å². The smallest absolute Gasteiger partial charge is 0.244 e. The first-order valence-electron chi connectivity index (χ1n) is 7.92. The highest BCUT2D eigenvalue weighted by molar-refractivity contribution is 5.91. The van der Waals surface area contributed by atoms with Gasteiger partial charge in [-0.25, -0.2) is 0 Å². The van der Waals surface area contributed by atoms with Crippen LogP contribution in [0.3, 0.4) is 0 Å². The van der Waals surface area contributed by atoms with Crippen LogP contribution in [0, 0.1) is 6.92 Å². The van der Waals surface area contributed by atoms with Gasteiger partial charge in [0.15, 0.2) is 0 Å². The van der Waals surface area contributed by atoms with Crippen molar-refractivity contribution in [2.45, 2.75) is 20.0 Å². The highest BCUT2D eigenvalue weighted by Crippen LogP contribution is 2.06. The van der Waals surface area contributed by atoms with E-state index in [1.54, 1.807) is 6.08 Å². The van der Waals surface area contributed by atoms with Crippen molar-refractivity contribution in [3.63, 3.8) is 0 Å². The number of aryl methyl sites for hydroxylation is 1. The van der Waals surface area contributed by atoms with Crippen LogP contribution in [0.2, 0.25) is 0 Å². The molecule has 23 heavy (non-hydrogen) atoms. The largest absolute Gasteiger partial charge is 0.348 e. The van der Waals surface area contributed by atoms with E-state index >= 15 is 0 Å². The number of rotatable bonds is 6. The molecule has 3 nitrogen and oxygen atoms in total. The van der Waals surface area contributed by atoms with E-state index in [1.165, 1.54) is 16.0 Å². The van der Waals surface area contributed by atoms with Crippen LogP contribution < -0.4 is 10.2 Å². The minimum Gasteiger partial charge on any atom is -0.348 e. The van der Waals surface area contributed by atoms with Crippen LogP contribution in [-0.2, 0) is 17.9 Å². The molecule has 0 aromatic heterocycles. The van der Waals surface area contributed by atoms with Gasteiger partial charge in [-0.3, -0.25) is 4.79 Å². The second-order valence-corrected chi connectivity index (χ2v) is 6.17. The maximum Gasteiger partial charge on any atom is 0.244 e. The van der Waals surface area contributed by atoms with Crippen LogP contribution in [0.25, 0.3) is 6.08 Å². The molecule has 0 spiro atoms. The van der Waals surface area contributed by atoms with E-state index in [9.17, 15) is 4.79 Å². The van der Waals surface area contributed by atoms with Gasteiger partial charge in [-0.2, -0.15) is 0 Å². The third-order valence-electron chi connectivity index (χ3n) is 3.52. The van der Waals surface area contributed by atoms with Crippen LogP contribution in [0.15, 0.2) is 54.6 Å². The first-order valence-corrected chi connectivity index (χ1v) is 7.92. The summed E-state index contributed by atoms with van der Waals surface area (Å²) in [6.07, 6.45) is 3.42. The Balaban J connectivity index is 1.84. The number of quaternary nitrogens is 1. The van der Waals surface area contributed by atoms with Crippen molar-refractivity contribution in [1.29, 1.82) is 0 Å². The zero-order chi connectivity index (χ0) is 16.7. The Labute approximate surface area is 138 Å². The van der Waals surface area contributed by atoms with Gasteiger partial charge in [0.2, 0.25) is 5.91 Å². The van der Waals surface area contributed by atoms with Crippen molar-refractivity contribution in [3.8, 4) is 0 Å². The molecule has 0 atom stereocenters. The molecule has 1 amide bonds. The molecule has 120 valence electrons. The molecule has 2 rings (SSSR count). The lowest BCUT2D eigenvalue weighted by Crippen LogP contribution is -3.04. The summed E-state index contributed by atoms with van der Waals surface area (Å²) < 4.78 is 0. The quantitative estimate of drug-likeness (QED) is 0.786. The highest BCUT2D eigenvalue weighted by Gasteiger charge is 2.00. The van der Waals surface area contributed by atoms with Crippen molar-refractivity contribution in [3.05, 3.63) is 76.9 Å². The fourth-order valence-electron chi connectivity index (χ4n) is 2.38. The fraction of sp³-hybridized carbons (Fsp3) is 0.250. The van der Waals surface area contributed by atoms with Crippen LogP contribution in [0.1, 0.15) is 22.3 Å². The lowest BCUT2D eigenvalue weighted by molar-refractivity contribution is -0.872. The normalized spacial score (nSPS) is 11.1. The predicted octanol–water partition coefficient (Wildman–Crippen LogP) is 1.97. The van der Waals surface area contributed by atoms with Gasteiger partial charge in [-0.05, 0) is 24.1 Å². The number of carbonyl (C=O) groups excluding carboxylic acids is 1. The lowest BCUT2D eigenvalue weighted by Gasteiger charge is -2.08. The monoisotopic (exact) mass is 309 g/mol. The molecule has 0 bridgehead atoms. The molecule has 0 unspecified atom stereocenters. The summed E-state index contributed by atoms with van der Waals surface area (Å²) in [5.41, 5.74) is 4.64. The molecule has 0 radical (unpaired) electrons.